The minimum Gasteiger partial charge on any atom is -0.379 e. The Kier molecular flexibility index (Phi) is 1.53. The highest BCUT2D eigenvalue weighted by molar-refractivity contribution is 5.53. The smallest absolute Gasteiger partial charge is 0.269 e. The Morgan fingerprint density at radius 1 is 1.25 bits per heavy atom. The number of nitrogens with one attached hydrogen (secondary N) is 1. The van der Waals surface area contributed by atoms with E-state index in [0.29, 0.717) is 5.56 Å². The van der Waals surface area contributed by atoms with E-state index in [1.165, 1.54) is 0 Å². The zero-order valence-corrected chi connectivity index (χ0v) is 6.48. The summed E-state index contributed by atoms with van der Waals surface area (Å²) in [4.78, 5) is 0. The van der Waals surface area contributed by atoms with Gasteiger partial charge in [0.15, 0.2) is 0 Å². The molecule has 1 nitrogen and oxygen atoms in total. The Bertz CT molecular complexity index is 296. The van der Waals surface area contributed by atoms with Crippen LogP contribution in [0.15, 0.2) is 24.3 Å². The van der Waals surface area contributed by atoms with Crippen molar-refractivity contribution in [1.29, 1.82) is 0 Å². The lowest BCUT2D eigenvalue weighted by atomic mass is 10.0. The number of hydrogen-bond donors (Lipinski definition) is 1. The summed E-state index contributed by atoms with van der Waals surface area (Å²) in [5.74, 6) is -2.59. The van der Waals surface area contributed by atoms with Gasteiger partial charge < -0.3 is 5.32 Å². The van der Waals surface area contributed by atoms with E-state index in [2.05, 4.69) is 5.32 Å². The van der Waals surface area contributed by atoms with Crippen molar-refractivity contribution in [1.82, 2.24) is 0 Å². The summed E-state index contributed by atoms with van der Waals surface area (Å²) in [6, 6.07) is 7.18. The van der Waals surface area contributed by atoms with Crippen molar-refractivity contribution in [2.45, 2.75) is 12.3 Å². The molecule has 0 amide bonds. The third-order valence-corrected chi connectivity index (χ3v) is 2.00. The van der Waals surface area contributed by atoms with Crippen LogP contribution in [0.2, 0.25) is 0 Å². The van der Waals surface area contributed by atoms with Crippen LogP contribution in [0.4, 0.5) is 14.5 Å². The molecule has 0 saturated carbocycles. The van der Waals surface area contributed by atoms with E-state index in [1.54, 1.807) is 12.1 Å². The van der Waals surface area contributed by atoms with Gasteiger partial charge in [-0.05, 0) is 11.6 Å². The number of anilines is 1. The fourth-order valence-corrected chi connectivity index (χ4v) is 1.41. The van der Waals surface area contributed by atoms with E-state index in [1.807, 2.05) is 12.1 Å². The van der Waals surface area contributed by atoms with E-state index >= 15 is 0 Å². The number of rotatable bonds is 0. The van der Waals surface area contributed by atoms with Gasteiger partial charge in [0, 0.05) is 12.1 Å². The maximum absolute atomic E-state index is 12.8. The van der Waals surface area contributed by atoms with E-state index in [9.17, 15) is 8.78 Å². The molecular weight excluding hydrogens is 160 g/mol. The van der Waals surface area contributed by atoms with Crippen LogP contribution in [-0.2, 0) is 6.42 Å². The van der Waals surface area contributed by atoms with Crippen molar-refractivity contribution < 1.29 is 8.78 Å². The van der Waals surface area contributed by atoms with Crippen LogP contribution in [0.5, 0.6) is 0 Å². The monoisotopic (exact) mass is 169 g/mol. The predicted octanol–water partition coefficient (Wildman–Crippen LogP) is 2.29. The molecule has 0 unspecified atom stereocenters. The number of hydrogen-bond acceptors (Lipinski definition) is 1. The molecule has 0 aliphatic carbocycles. The molecule has 0 bridgehead atoms. The molecule has 1 aliphatic heterocycles. The zero-order valence-electron chi connectivity index (χ0n) is 6.48. The van der Waals surface area contributed by atoms with E-state index in [0.717, 1.165) is 5.69 Å². The van der Waals surface area contributed by atoms with Crippen molar-refractivity contribution in [2.24, 2.45) is 0 Å². The van der Waals surface area contributed by atoms with Gasteiger partial charge in [-0.2, -0.15) is 0 Å². The van der Waals surface area contributed by atoms with Crippen molar-refractivity contribution >= 4 is 5.69 Å². The first-order valence-corrected chi connectivity index (χ1v) is 3.87. The maximum atomic E-state index is 12.8. The third kappa shape index (κ3) is 1.26. The Labute approximate surface area is 69.4 Å². The topological polar surface area (TPSA) is 12.0 Å². The number of fused-ring (bicyclic) bond motifs is 1. The molecule has 3 heteroatoms. The van der Waals surface area contributed by atoms with Gasteiger partial charge in [0.1, 0.15) is 0 Å². The van der Waals surface area contributed by atoms with E-state index in [-0.39, 0.29) is 13.0 Å². The van der Waals surface area contributed by atoms with Crippen LogP contribution in [-0.4, -0.2) is 12.5 Å². The molecular formula is C9H9F2N. The number of halogens is 2. The van der Waals surface area contributed by atoms with Crippen molar-refractivity contribution in [3.05, 3.63) is 29.8 Å². The first-order chi connectivity index (χ1) is 5.67. The average molecular weight is 169 g/mol. The average Bonchev–Trinajstić information content (AvgIpc) is 2.02. The lowest BCUT2D eigenvalue weighted by Crippen LogP contribution is -2.34. The van der Waals surface area contributed by atoms with Gasteiger partial charge in [0.2, 0.25) is 0 Å². The highest BCUT2D eigenvalue weighted by Crippen LogP contribution is 2.29. The molecule has 0 fully saturated rings. The predicted molar refractivity (Wildman–Crippen MR) is 43.6 cm³/mol. The van der Waals surface area contributed by atoms with E-state index in [4.69, 9.17) is 0 Å². The lowest BCUT2D eigenvalue weighted by Gasteiger charge is -2.25. The normalized spacial score (nSPS) is 19.5. The summed E-state index contributed by atoms with van der Waals surface area (Å²) in [6.07, 6.45) is -0.143. The van der Waals surface area contributed by atoms with Crippen LogP contribution in [0, 0.1) is 0 Å². The van der Waals surface area contributed by atoms with Gasteiger partial charge in [0.05, 0.1) is 6.54 Å². The quantitative estimate of drug-likeness (QED) is 0.628. The Hall–Kier alpha value is -1.12. The molecule has 1 N–H and O–H groups in total. The summed E-state index contributed by atoms with van der Waals surface area (Å²) in [5, 5.41) is 2.70. The fraction of sp³-hybridized carbons (Fsp3) is 0.333. The molecule has 2 rings (SSSR count). The minimum atomic E-state index is -2.59. The molecule has 64 valence electrons. The number of para-hydroxylation sites is 1. The number of alkyl halides is 2. The maximum Gasteiger partial charge on any atom is 0.269 e. The van der Waals surface area contributed by atoms with Crippen LogP contribution >= 0.6 is 0 Å². The molecule has 1 heterocycles. The Morgan fingerprint density at radius 2 is 2.00 bits per heavy atom. The molecule has 0 spiro atoms. The largest absolute Gasteiger partial charge is 0.379 e. The highest BCUT2D eigenvalue weighted by Gasteiger charge is 2.33. The van der Waals surface area contributed by atoms with Gasteiger partial charge in [-0.3, -0.25) is 0 Å². The molecule has 1 aromatic carbocycles. The van der Waals surface area contributed by atoms with Crippen LogP contribution in [0.1, 0.15) is 5.56 Å². The Morgan fingerprint density at radius 3 is 2.83 bits per heavy atom. The summed E-state index contributed by atoms with van der Waals surface area (Å²) in [5.41, 5.74) is 1.54. The zero-order chi connectivity index (χ0) is 8.60. The summed E-state index contributed by atoms with van der Waals surface area (Å²) in [6.45, 7) is -0.246. The van der Waals surface area contributed by atoms with Crippen LogP contribution in [0.25, 0.3) is 0 Å². The second-order valence-electron chi connectivity index (χ2n) is 3.04. The summed E-state index contributed by atoms with van der Waals surface area (Å²) < 4.78 is 25.6. The molecule has 12 heavy (non-hydrogen) atoms. The van der Waals surface area contributed by atoms with Crippen molar-refractivity contribution in [2.75, 3.05) is 11.9 Å². The highest BCUT2D eigenvalue weighted by atomic mass is 19.3. The first-order valence-electron chi connectivity index (χ1n) is 3.87. The lowest BCUT2D eigenvalue weighted by molar-refractivity contribution is 0.0129. The molecule has 0 atom stereocenters. The molecule has 0 aromatic heterocycles. The summed E-state index contributed by atoms with van der Waals surface area (Å²) >= 11 is 0. The number of benzene rings is 1. The standard InChI is InChI=1S/C9H9F2N/c10-9(11)5-7-3-1-2-4-8(7)12-6-9/h1-4,12H,5-6H2. The summed E-state index contributed by atoms with van der Waals surface area (Å²) in [7, 11) is 0. The fourth-order valence-electron chi connectivity index (χ4n) is 1.41. The van der Waals surface area contributed by atoms with Gasteiger partial charge in [0.25, 0.3) is 5.92 Å². The van der Waals surface area contributed by atoms with Gasteiger partial charge in [-0.1, -0.05) is 18.2 Å². The van der Waals surface area contributed by atoms with Gasteiger partial charge >= 0.3 is 0 Å². The van der Waals surface area contributed by atoms with Gasteiger partial charge in [-0.15, -0.1) is 0 Å². The molecule has 0 saturated heterocycles. The third-order valence-electron chi connectivity index (χ3n) is 2.00. The van der Waals surface area contributed by atoms with Gasteiger partial charge in [-0.25, -0.2) is 8.78 Å². The second-order valence-corrected chi connectivity index (χ2v) is 3.04. The SMILES string of the molecule is FC1(F)CNc2ccccc2C1. The molecule has 0 radical (unpaired) electrons. The molecule has 1 aromatic rings. The minimum absolute atomic E-state index is 0.143. The van der Waals surface area contributed by atoms with Crippen molar-refractivity contribution in [3.8, 4) is 0 Å². The first kappa shape index (κ1) is 7.53. The second kappa shape index (κ2) is 2.44. The van der Waals surface area contributed by atoms with E-state index < -0.39 is 5.92 Å². The molecule has 1 aliphatic rings. The van der Waals surface area contributed by atoms with Crippen molar-refractivity contribution in [3.63, 3.8) is 0 Å². The van der Waals surface area contributed by atoms with Crippen LogP contribution < -0.4 is 5.32 Å². The Balaban J connectivity index is 2.35. The van der Waals surface area contributed by atoms with Crippen LogP contribution in [0.3, 0.4) is 0 Å².